The van der Waals surface area contributed by atoms with Crippen molar-refractivity contribution in [1.82, 2.24) is 0 Å². The third-order valence-corrected chi connectivity index (χ3v) is 1.31. The summed E-state index contributed by atoms with van der Waals surface area (Å²) in [7, 11) is 0. The van der Waals surface area contributed by atoms with Crippen molar-refractivity contribution in [2.45, 2.75) is 0 Å². The van der Waals surface area contributed by atoms with Gasteiger partial charge in [0.1, 0.15) is 6.61 Å². The van der Waals surface area contributed by atoms with Crippen LogP contribution in [0.3, 0.4) is 0 Å². The van der Waals surface area contributed by atoms with E-state index in [4.69, 9.17) is 28.9 Å². The molecule has 0 heterocycles. The molecular formula is C3H3Cl2O2P. The first-order valence-electron chi connectivity index (χ1n) is 1.63. The maximum atomic E-state index is 10.2. The molecule has 0 rings (SSSR count). The van der Waals surface area contributed by atoms with Gasteiger partial charge in [0.25, 0.3) is 0 Å². The predicted molar refractivity (Wildman–Crippen MR) is 34.1 cm³/mol. The lowest BCUT2D eigenvalue weighted by Crippen LogP contribution is -1.78. The monoisotopic (exact) mass is 172 g/mol. The predicted octanol–water partition coefficient (Wildman–Crippen LogP) is 2.22. The van der Waals surface area contributed by atoms with Crippen LogP contribution in [-0.4, -0.2) is 6.61 Å². The van der Waals surface area contributed by atoms with Crippen LogP contribution < -0.4 is 0 Å². The summed E-state index contributed by atoms with van der Waals surface area (Å²) >= 11 is 9.83. The first-order valence-corrected chi connectivity index (χ1v) is 5.07. The van der Waals surface area contributed by atoms with E-state index in [0.29, 0.717) is 0 Å². The van der Waals surface area contributed by atoms with Crippen LogP contribution in [0.15, 0.2) is 0 Å². The number of hydrogen-bond donors (Lipinski definition) is 0. The van der Waals surface area contributed by atoms with Gasteiger partial charge in [0.15, 0.2) is 0 Å². The fraction of sp³-hybridized carbons (Fsp3) is 0.333. The molecule has 0 aliphatic heterocycles. The maximum Gasteiger partial charge on any atom is 0.381 e. The summed E-state index contributed by atoms with van der Waals surface area (Å²) in [6.07, 6.45) is 1.34. The Morgan fingerprint density at radius 3 is 2.38 bits per heavy atom. The van der Waals surface area contributed by atoms with Gasteiger partial charge in [0.05, 0.1) is 0 Å². The molecule has 0 atom stereocenters. The summed E-state index contributed by atoms with van der Waals surface area (Å²) in [5, 5.41) is 0. The highest BCUT2D eigenvalue weighted by atomic mass is 35.9. The Balaban J connectivity index is 3.45. The van der Waals surface area contributed by atoms with E-state index in [1.54, 1.807) is 0 Å². The molecule has 46 valence electrons. The molecule has 0 unspecified atom stereocenters. The van der Waals surface area contributed by atoms with Crippen LogP contribution in [0.25, 0.3) is 0 Å². The largest absolute Gasteiger partial charge is 0.381 e. The Kier molecular flexibility index (Phi) is 3.51. The van der Waals surface area contributed by atoms with Crippen molar-refractivity contribution in [3.05, 3.63) is 0 Å². The first-order chi connectivity index (χ1) is 3.56. The lowest BCUT2D eigenvalue weighted by atomic mass is 10.8. The molecule has 0 N–H and O–H groups in total. The van der Waals surface area contributed by atoms with E-state index in [1.165, 1.54) is 0 Å². The second-order valence-corrected chi connectivity index (χ2v) is 5.17. The lowest BCUT2D eigenvalue weighted by molar-refractivity contribution is 0.383. The van der Waals surface area contributed by atoms with Crippen LogP contribution in [0.1, 0.15) is 0 Å². The topological polar surface area (TPSA) is 26.3 Å². The van der Waals surface area contributed by atoms with Crippen LogP contribution in [0.4, 0.5) is 0 Å². The molecule has 2 nitrogen and oxygen atoms in total. The quantitative estimate of drug-likeness (QED) is 0.472. The van der Waals surface area contributed by atoms with Gasteiger partial charge in [0, 0.05) is 0 Å². The zero-order valence-electron chi connectivity index (χ0n) is 3.80. The summed E-state index contributed by atoms with van der Waals surface area (Å²) in [5.74, 6) is 2.06. The highest BCUT2D eigenvalue weighted by Crippen LogP contribution is 2.57. The summed E-state index contributed by atoms with van der Waals surface area (Å²) in [4.78, 5) is 0. The minimum Gasteiger partial charge on any atom is -0.293 e. The van der Waals surface area contributed by atoms with Crippen molar-refractivity contribution < 1.29 is 9.09 Å². The third-order valence-electron chi connectivity index (χ3n) is 0.298. The van der Waals surface area contributed by atoms with E-state index in [1.807, 2.05) is 0 Å². The van der Waals surface area contributed by atoms with Gasteiger partial charge in [-0.15, -0.1) is 6.42 Å². The van der Waals surface area contributed by atoms with Gasteiger partial charge in [0.2, 0.25) is 0 Å². The average Bonchev–Trinajstić information content (AvgIpc) is 1.59. The Bertz CT molecular complexity index is 144. The Morgan fingerprint density at radius 2 is 2.25 bits per heavy atom. The molecule has 0 radical (unpaired) electrons. The van der Waals surface area contributed by atoms with E-state index in [0.717, 1.165) is 0 Å². The van der Waals surface area contributed by atoms with Gasteiger partial charge in [-0.2, -0.15) is 0 Å². The maximum absolute atomic E-state index is 10.2. The fourth-order valence-electron chi connectivity index (χ4n) is 0.112. The molecule has 0 aliphatic carbocycles. The van der Waals surface area contributed by atoms with E-state index < -0.39 is 6.07 Å². The smallest absolute Gasteiger partial charge is 0.293 e. The molecule has 0 fully saturated rings. The highest BCUT2D eigenvalue weighted by Gasteiger charge is 2.11. The van der Waals surface area contributed by atoms with Crippen LogP contribution >= 0.6 is 28.6 Å². The minimum absolute atomic E-state index is 0.121. The van der Waals surface area contributed by atoms with Gasteiger partial charge in [-0.25, -0.2) is 0 Å². The SMILES string of the molecule is C#CCOP(=O)(Cl)Cl. The van der Waals surface area contributed by atoms with E-state index in [-0.39, 0.29) is 6.61 Å². The third kappa shape index (κ3) is 6.33. The molecule has 0 saturated carbocycles. The molecule has 0 aromatic heterocycles. The van der Waals surface area contributed by atoms with Crippen molar-refractivity contribution in [3.8, 4) is 12.3 Å². The van der Waals surface area contributed by atoms with E-state index in [2.05, 4.69) is 10.4 Å². The normalized spacial score (nSPS) is 10.6. The Hall–Kier alpha value is 0.330. The summed E-state index contributed by atoms with van der Waals surface area (Å²) < 4.78 is 14.4. The van der Waals surface area contributed by atoms with Crippen molar-refractivity contribution in [2.24, 2.45) is 0 Å². The number of terminal acetylenes is 1. The van der Waals surface area contributed by atoms with Crippen molar-refractivity contribution >= 4 is 28.6 Å². The summed E-state index contributed by atoms with van der Waals surface area (Å²) in [6.45, 7) is -0.121. The van der Waals surface area contributed by atoms with Gasteiger partial charge in [-0.05, 0) is 22.5 Å². The number of rotatable bonds is 2. The molecule has 0 aliphatic rings. The number of hydrogen-bond acceptors (Lipinski definition) is 2. The molecule has 0 bridgehead atoms. The van der Waals surface area contributed by atoms with Gasteiger partial charge >= 0.3 is 6.07 Å². The molecule has 0 aromatic rings. The second kappa shape index (κ2) is 3.37. The van der Waals surface area contributed by atoms with Gasteiger partial charge in [-0.1, -0.05) is 5.92 Å². The molecule has 0 saturated heterocycles. The minimum atomic E-state index is -3.38. The second-order valence-electron chi connectivity index (χ2n) is 0.892. The van der Waals surface area contributed by atoms with Gasteiger partial charge < -0.3 is 0 Å². The van der Waals surface area contributed by atoms with E-state index in [9.17, 15) is 4.57 Å². The first kappa shape index (κ1) is 8.33. The fourth-order valence-corrected chi connectivity index (χ4v) is 0.630. The van der Waals surface area contributed by atoms with Gasteiger partial charge in [-0.3, -0.25) is 9.09 Å². The lowest BCUT2D eigenvalue weighted by Gasteiger charge is -1.95. The zero-order chi connectivity index (χ0) is 6.62. The summed E-state index contributed by atoms with van der Waals surface area (Å²) in [5.41, 5.74) is 0. The van der Waals surface area contributed by atoms with Crippen LogP contribution in [-0.2, 0) is 9.09 Å². The Morgan fingerprint density at radius 1 is 1.75 bits per heavy atom. The molecule has 5 heteroatoms. The van der Waals surface area contributed by atoms with E-state index >= 15 is 0 Å². The number of halogens is 2. The zero-order valence-corrected chi connectivity index (χ0v) is 6.21. The molecule has 8 heavy (non-hydrogen) atoms. The van der Waals surface area contributed by atoms with Crippen molar-refractivity contribution in [1.29, 1.82) is 0 Å². The molecule has 0 amide bonds. The average molecular weight is 173 g/mol. The van der Waals surface area contributed by atoms with Crippen molar-refractivity contribution in [2.75, 3.05) is 6.61 Å². The van der Waals surface area contributed by atoms with Crippen molar-refractivity contribution in [3.63, 3.8) is 0 Å². The molecular weight excluding hydrogens is 170 g/mol. The van der Waals surface area contributed by atoms with Crippen LogP contribution in [0, 0.1) is 12.3 Å². The highest BCUT2D eigenvalue weighted by molar-refractivity contribution is 8.05. The molecule has 0 aromatic carbocycles. The van der Waals surface area contributed by atoms with Crippen LogP contribution in [0.2, 0.25) is 0 Å². The standard InChI is InChI=1S/C3H3Cl2O2P/c1-2-3-7-8(4,5)6/h1H,3H2. The summed E-state index contributed by atoms with van der Waals surface area (Å²) in [6, 6.07) is 0. The Labute approximate surface area is 57.1 Å². The molecule has 0 spiro atoms. The van der Waals surface area contributed by atoms with Crippen LogP contribution in [0.5, 0.6) is 0 Å².